The second-order valence-electron chi connectivity index (χ2n) is 7.76. The molecule has 1 aromatic heterocycles. The minimum absolute atomic E-state index is 0.113. The van der Waals surface area contributed by atoms with E-state index in [0.29, 0.717) is 23.9 Å². The van der Waals surface area contributed by atoms with E-state index in [1.807, 2.05) is 11.4 Å². The van der Waals surface area contributed by atoms with Crippen LogP contribution in [0.15, 0.2) is 11.4 Å². The largest absolute Gasteiger partial charge is 0.388 e. The van der Waals surface area contributed by atoms with Crippen molar-refractivity contribution >= 4 is 17.2 Å². The van der Waals surface area contributed by atoms with Crippen molar-refractivity contribution in [1.82, 2.24) is 5.32 Å². The lowest BCUT2D eigenvalue weighted by Crippen LogP contribution is -2.46. The van der Waals surface area contributed by atoms with Gasteiger partial charge in [-0.25, -0.2) is 0 Å². The predicted molar refractivity (Wildman–Crippen MR) is 93.7 cm³/mol. The number of aliphatic hydroxyl groups is 1. The number of ether oxygens (including phenoxy) is 1. The molecule has 0 radical (unpaired) electrons. The average molecular weight is 340 g/mol. The third kappa shape index (κ3) is 4.78. The Labute approximate surface area is 143 Å². The standard InChI is InChI=1S/C18H29NO3S/c1-17(2,3)14-5-8-18(21,9-6-14)12-19-16(20)15-13(11-22-4)7-10-23-15/h7,10,14,21H,5-6,8-9,11-12H2,1-4H3,(H,19,20). The summed E-state index contributed by atoms with van der Waals surface area (Å²) in [6.07, 6.45) is 3.54. The summed E-state index contributed by atoms with van der Waals surface area (Å²) < 4.78 is 5.11. The molecule has 1 heterocycles. The van der Waals surface area contributed by atoms with Crippen molar-refractivity contribution in [2.45, 2.75) is 58.7 Å². The summed E-state index contributed by atoms with van der Waals surface area (Å²) in [6, 6.07) is 1.91. The molecule has 4 nitrogen and oxygen atoms in total. The van der Waals surface area contributed by atoms with Gasteiger partial charge in [-0.3, -0.25) is 4.79 Å². The number of thiophene rings is 1. The van der Waals surface area contributed by atoms with E-state index in [0.717, 1.165) is 31.2 Å². The summed E-state index contributed by atoms with van der Waals surface area (Å²) in [5.41, 5.74) is 0.422. The Balaban J connectivity index is 1.88. The molecular formula is C18H29NO3S. The van der Waals surface area contributed by atoms with Gasteiger partial charge in [-0.1, -0.05) is 20.8 Å². The van der Waals surface area contributed by atoms with Crippen LogP contribution in [0.3, 0.4) is 0 Å². The molecule has 1 amide bonds. The SMILES string of the molecule is COCc1ccsc1C(=O)NCC1(O)CCC(C(C)(C)C)CC1. The maximum absolute atomic E-state index is 12.3. The number of hydrogen-bond acceptors (Lipinski definition) is 4. The molecule has 1 aliphatic rings. The summed E-state index contributed by atoms with van der Waals surface area (Å²) in [5, 5.41) is 15.5. The highest BCUT2D eigenvalue weighted by molar-refractivity contribution is 7.12. The molecule has 0 saturated heterocycles. The number of carbonyl (C=O) groups excluding carboxylic acids is 1. The van der Waals surface area contributed by atoms with Crippen molar-refractivity contribution in [2.24, 2.45) is 11.3 Å². The molecule has 2 rings (SSSR count). The van der Waals surface area contributed by atoms with Gasteiger partial charge in [-0.05, 0) is 48.5 Å². The summed E-state index contributed by atoms with van der Waals surface area (Å²) >= 11 is 1.41. The van der Waals surface area contributed by atoms with Crippen molar-refractivity contribution in [2.75, 3.05) is 13.7 Å². The molecule has 0 aromatic carbocycles. The third-order valence-electron chi connectivity index (χ3n) is 4.97. The van der Waals surface area contributed by atoms with Gasteiger partial charge in [0, 0.05) is 19.2 Å². The van der Waals surface area contributed by atoms with Gasteiger partial charge in [0.15, 0.2) is 0 Å². The smallest absolute Gasteiger partial charge is 0.261 e. The number of hydrogen-bond donors (Lipinski definition) is 2. The first-order valence-electron chi connectivity index (χ1n) is 8.31. The van der Waals surface area contributed by atoms with Crippen molar-refractivity contribution in [3.63, 3.8) is 0 Å². The lowest BCUT2D eigenvalue weighted by atomic mass is 9.68. The van der Waals surface area contributed by atoms with Crippen LogP contribution in [0.25, 0.3) is 0 Å². The molecule has 0 atom stereocenters. The Morgan fingerprint density at radius 1 is 1.43 bits per heavy atom. The molecule has 23 heavy (non-hydrogen) atoms. The Hall–Kier alpha value is -0.910. The summed E-state index contributed by atoms with van der Waals surface area (Å²) in [7, 11) is 1.62. The minimum Gasteiger partial charge on any atom is -0.388 e. The number of nitrogens with one attached hydrogen (secondary N) is 1. The van der Waals surface area contributed by atoms with Crippen LogP contribution >= 0.6 is 11.3 Å². The molecular weight excluding hydrogens is 310 g/mol. The monoisotopic (exact) mass is 339 g/mol. The van der Waals surface area contributed by atoms with Gasteiger partial charge in [-0.2, -0.15) is 0 Å². The molecule has 1 saturated carbocycles. The van der Waals surface area contributed by atoms with Gasteiger partial charge in [0.25, 0.3) is 5.91 Å². The van der Waals surface area contributed by atoms with Crippen LogP contribution in [0.2, 0.25) is 0 Å². The fraction of sp³-hybridized carbons (Fsp3) is 0.722. The highest BCUT2D eigenvalue weighted by Gasteiger charge is 2.37. The van der Waals surface area contributed by atoms with Crippen molar-refractivity contribution in [3.8, 4) is 0 Å². The second kappa shape index (κ2) is 7.32. The molecule has 130 valence electrons. The zero-order valence-electron chi connectivity index (χ0n) is 14.6. The normalized spacial score (nSPS) is 25.3. The molecule has 0 aliphatic heterocycles. The Morgan fingerprint density at radius 3 is 2.65 bits per heavy atom. The fourth-order valence-corrected chi connectivity index (χ4v) is 4.15. The lowest BCUT2D eigenvalue weighted by Gasteiger charge is -2.41. The van der Waals surface area contributed by atoms with E-state index in [9.17, 15) is 9.90 Å². The topological polar surface area (TPSA) is 58.6 Å². The van der Waals surface area contributed by atoms with Gasteiger partial charge in [0.2, 0.25) is 0 Å². The summed E-state index contributed by atoms with van der Waals surface area (Å²) in [4.78, 5) is 13.0. The summed E-state index contributed by atoms with van der Waals surface area (Å²) in [6.45, 7) is 7.55. The summed E-state index contributed by atoms with van der Waals surface area (Å²) in [5.74, 6) is 0.530. The minimum atomic E-state index is -0.768. The molecule has 1 aliphatic carbocycles. The highest BCUT2D eigenvalue weighted by Crippen LogP contribution is 2.41. The number of rotatable bonds is 5. The molecule has 0 bridgehead atoms. The molecule has 1 fully saturated rings. The van der Waals surface area contributed by atoms with Gasteiger partial charge in [-0.15, -0.1) is 11.3 Å². The van der Waals surface area contributed by atoms with E-state index in [4.69, 9.17) is 4.74 Å². The van der Waals surface area contributed by atoms with Gasteiger partial charge in [0.1, 0.15) is 0 Å². The van der Waals surface area contributed by atoms with E-state index < -0.39 is 5.60 Å². The first-order valence-corrected chi connectivity index (χ1v) is 9.19. The van der Waals surface area contributed by atoms with Gasteiger partial charge in [0.05, 0.1) is 17.1 Å². The fourth-order valence-electron chi connectivity index (χ4n) is 3.33. The van der Waals surface area contributed by atoms with Crippen LogP contribution < -0.4 is 5.32 Å². The highest BCUT2D eigenvalue weighted by atomic mass is 32.1. The van der Waals surface area contributed by atoms with E-state index in [1.54, 1.807) is 7.11 Å². The maximum atomic E-state index is 12.3. The van der Waals surface area contributed by atoms with Crippen LogP contribution in [-0.2, 0) is 11.3 Å². The van der Waals surface area contributed by atoms with E-state index in [2.05, 4.69) is 26.1 Å². The molecule has 5 heteroatoms. The predicted octanol–water partition coefficient (Wildman–Crippen LogP) is 3.59. The Morgan fingerprint density at radius 2 is 2.09 bits per heavy atom. The van der Waals surface area contributed by atoms with E-state index in [1.165, 1.54) is 11.3 Å². The Bertz CT molecular complexity index is 525. The first kappa shape index (κ1) is 18.4. The number of amides is 1. The van der Waals surface area contributed by atoms with Crippen molar-refractivity contribution < 1.29 is 14.6 Å². The molecule has 2 N–H and O–H groups in total. The number of methoxy groups -OCH3 is 1. The molecule has 0 unspecified atom stereocenters. The van der Waals surface area contributed by atoms with Crippen LogP contribution in [-0.4, -0.2) is 30.3 Å². The van der Waals surface area contributed by atoms with Crippen molar-refractivity contribution in [1.29, 1.82) is 0 Å². The second-order valence-corrected chi connectivity index (χ2v) is 8.67. The van der Waals surface area contributed by atoms with Crippen LogP contribution in [0.5, 0.6) is 0 Å². The maximum Gasteiger partial charge on any atom is 0.261 e. The Kier molecular flexibility index (Phi) is 5.87. The van der Waals surface area contributed by atoms with Crippen LogP contribution in [0.1, 0.15) is 61.7 Å². The zero-order valence-corrected chi connectivity index (χ0v) is 15.5. The van der Waals surface area contributed by atoms with Crippen LogP contribution in [0.4, 0.5) is 0 Å². The van der Waals surface area contributed by atoms with Crippen LogP contribution in [0, 0.1) is 11.3 Å². The number of carbonyl (C=O) groups is 1. The zero-order chi connectivity index (χ0) is 17.1. The van der Waals surface area contributed by atoms with Gasteiger partial charge >= 0.3 is 0 Å². The average Bonchev–Trinajstić information content (AvgIpc) is 2.93. The van der Waals surface area contributed by atoms with E-state index in [-0.39, 0.29) is 11.3 Å². The third-order valence-corrected chi connectivity index (χ3v) is 5.93. The lowest BCUT2D eigenvalue weighted by molar-refractivity contribution is -0.0228. The van der Waals surface area contributed by atoms with Gasteiger partial charge < -0.3 is 15.2 Å². The van der Waals surface area contributed by atoms with E-state index >= 15 is 0 Å². The molecule has 1 aromatic rings. The first-order chi connectivity index (χ1) is 10.7. The molecule has 0 spiro atoms. The quantitative estimate of drug-likeness (QED) is 0.862. The van der Waals surface area contributed by atoms with Crippen molar-refractivity contribution in [3.05, 3.63) is 21.9 Å².